The molecular formula is C30H26N2O3. The number of primary amides is 1. The van der Waals surface area contributed by atoms with E-state index in [9.17, 15) is 9.59 Å². The zero-order valence-corrected chi connectivity index (χ0v) is 19.5. The van der Waals surface area contributed by atoms with Crippen LogP contribution in [0.25, 0.3) is 16.3 Å². The lowest BCUT2D eigenvalue weighted by molar-refractivity contribution is -0.114. The van der Waals surface area contributed by atoms with Gasteiger partial charge in [0.2, 0.25) is 0 Å². The van der Waals surface area contributed by atoms with Crippen molar-refractivity contribution in [1.29, 1.82) is 0 Å². The first-order valence-corrected chi connectivity index (χ1v) is 11.7. The maximum absolute atomic E-state index is 13.1. The predicted octanol–water partition coefficient (Wildman–Crippen LogP) is 5.49. The van der Waals surface area contributed by atoms with E-state index in [-0.39, 0.29) is 0 Å². The van der Waals surface area contributed by atoms with Crippen LogP contribution in [0, 0.1) is 0 Å². The van der Waals surface area contributed by atoms with Crippen molar-refractivity contribution in [1.82, 2.24) is 4.40 Å². The monoisotopic (exact) mass is 462 g/mol. The van der Waals surface area contributed by atoms with Gasteiger partial charge in [0.05, 0.1) is 11.1 Å². The highest BCUT2D eigenvalue weighted by Gasteiger charge is 2.27. The lowest BCUT2D eigenvalue weighted by Gasteiger charge is -2.11. The number of ketones is 1. The average molecular weight is 463 g/mol. The second-order valence-corrected chi connectivity index (χ2v) is 8.57. The summed E-state index contributed by atoms with van der Waals surface area (Å²) in [5.41, 5.74) is 10.3. The molecule has 2 N–H and O–H groups in total. The summed E-state index contributed by atoms with van der Waals surface area (Å²) in [6.45, 7) is 2.33. The molecule has 0 fully saturated rings. The summed E-state index contributed by atoms with van der Waals surface area (Å²) in [5.74, 6) is -1.12. The molecule has 5 rings (SSSR count). The predicted molar refractivity (Wildman–Crippen MR) is 138 cm³/mol. The van der Waals surface area contributed by atoms with E-state index in [1.54, 1.807) is 0 Å². The molecule has 5 nitrogen and oxygen atoms in total. The summed E-state index contributed by atoms with van der Waals surface area (Å²) < 4.78 is 8.15. The van der Waals surface area contributed by atoms with Gasteiger partial charge in [-0.3, -0.25) is 9.59 Å². The average Bonchev–Trinajstić information content (AvgIpc) is 3.21. The normalized spacial score (nSPS) is 11.1. The fourth-order valence-corrected chi connectivity index (χ4v) is 4.72. The first kappa shape index (κ1) is 22.4. The van der Waals surface area contributed by atoms with Gasteiger partial charge in [-0.25, -0.2) is 0 Å². The zero-order chi connectivity index (χ0) is 24.4. The molecule has 0 bridgehead atoms. The fraction of sp³-hybridized carbons (Fsp3) is 0.133. The van der Waals surface area contributed by atoms with E-state index in [1.165, 1.54) is 5.39 Å². The van der Waals surface area contributed by atoms with Gasteiger partial charge in [0.1, 0.15) is 12.4 Å². The Hall–Kier alpha value is -4.38. The molecule has 0 spiro atoms. The minimum atomic E-state index is -0.970. The van der Waals surface area contributed by atoms with Crippen molar-refractivity contribution in [3.8, 4) is 5.75 Å². The second-order valence-electron chi connectivity index (χ2n) is 8.57. The van der Waals surface area contributed by atoms with E-state index in [0.717, 1.165) is 27.8 Å². The second kappa shape index (κ2) is 9.47. The molecule has 174 valence electrons. The molecule has 0 aliphatic rings. The molecule has 0 saturated heterocycles. The van der Waals surface area contributed by atoms with Crippen LogP contribution in [0.15, 0.2) is 91.1 Å². The van der Waals surface area contributed by atoms with Crippen LogP contribution in [-0.4, -0.2) is 16.1 Å². The molecule has 0 unspecified atom stereocenters. The number of amides is 1. The van der Waals surface area contributed by atoms with Gasteiger partial charge in [-0.15, -0.1) is 0 Å². The number of fused-ring (bicyclic) bond motifs is 2. The maximum Gasteiger partial charge on any atom is 0.289 e. The molecule has 1 amide bonds. The summed E-state index contributed by atoms with van der Waals surface area (Å²) in [6, 6.07) is 28.2. The number of nitrogens with zero attached hydrogens (tertiary/aromatic N) is 1. The number of ether oxygens (including phenoxy) is 1. The van der Waals surface area contributed by atoms with Crippen LogP contribution in [0.3, 0.4) is 0 Å². The van der Waals surface area contributed by atoms with Gasteiger partial charge in [0.25, 0.3) is 11.7 Å². The quantitative estimate of drug-likeness (QED) is 0.245. The van der Waals surface area contributed by atoms with E-state index in [0.29, 0.717) is 36.3 Å². The number of carbonyl (C=O) groups excluding carboxylic acids is 2. The summed E-state index contributed by atoms with van der Waals surface area (Å²) in [7, 11) is 0. The van der Waals surface area contributed by atoms with E-state index >= 15 is 0 Å². The van der Waals surface area contributed by atoms with Crippen LogP contribution in [0.4, 0.5) is 0 Å². The van der Waals surface area contributed by atoms with E-state index < -0.39 is 11.7 Å². The largest absolute Gasteiger partial charge is 0.487 e. The highest BCUT2D eigenvalue weighted by Crippen LogP contribution is 2.34. The highest BCUT2D eigenvalue weighted by molar-refractivity contribution is 6.44. The van der Waals surface area contributed by atoms with Gasteiger partial charge in [-0.2, -0.15) is 0 Å². The number of rotatable bonds is 8. The van der Waals surface area contributed by atoms with Gasteiger partial charge in [-0.1, -0.05) is 79.7 Å². The summed E-state index contributed by atoms with van der Waals surface area (Å²) in [6.07, 6.45) is 3.10. The Balaban J connectivity index is 1.65. The summed E-state index contributed by atoms with van der Waals surface area (Å²) in [4.78, 5) is 25.1. The van der Waals surface area contributed by atoms with Gasteiger partial charge < -0.3 is 14.9 Å². The van der Waals surface area contributed by atoms with Gasteiger partial charge >= 0.3 is 0 Å². The lowest BCUT2D eigenvalue weighted by atomic mass is 9.98. The third-order valence-electron chi connectivity index (χ3n) is 6.36. The van der Waals surface area contributed by atoms with E-state index in [2.05, 4.69) is 30.3 Å². The Kier molecular flexibility index (Phi) is 6.06. The fourth-order valence-electron chi connectivity index (χ4n) is 4.72. The van der Waals surface area contributed by atoms with Crippen molar-refractivity contribution in [3.63, 3.8) is 0 Å². The van der Waals surface area contributed by atoms with Crippen LogP contribution in [0.1, 0.15) is 39.7 Å². The van der Waals surface area contributed by atoms with Crippen molar-refractivity contribution in [3.05, 3.63) is 119 Å². The molecule has 35 heavy (non-hydrogen) atoms. The Labute approximate surface area is 203 Å². The molecule has 2 aromatic heterocycles. The number of benzene rings is 3. The minimum absolute atomic E-state index is 0.333. The van der Waals surface area contributed by atoms with Crippen LogP contribution in [-0.2, 0) is 24.2 Å². The summed E-state index contributed by atoms with van der Waals surface area (Å²) >= 11 is 0. The number of pyridine rings is 1. The van der Waals surface area contributed by atoms with Crippen molar-refractivity contribution in [2.45, 2.75) is 26.4 Å². The number of carbonyl (C=O) groups is 2. The molecule has 2 heterocycles. The number of nitrogens with two attached hydrogens (primary N) is 1. The smallest absolute Gasteiger partial charge is 0.289 e. The SMILES string of the molecule is CCc1c(C(=O)C(N)=O)c2c(OCc3ccccc3)cccn2c1Cc1ccc2ccccc2c1. The number of aromatic nitrogens is 1. The molecule has 3 aromatic carbocycles. The lowest BCUT2D eigenvalue weighted by Crippen LogP contribution is -2.24. The molecule has 0 atom stereocenters. The number of Topliss-reactive ketones (excluding diaryl/α,β-unsaturated/α-hetero) is 1. The first-order chi connectivity index (χ1) is 17.1. The number of hydrogen-bond acceptors (Lipinski definition) is 3. The van der Waals surface area contributed by atoms with Crippen molar-refractivity contribution < 1.29 is 14.3 Å². The van der Waals surface area contributed by atoms with Crippen molar-refractivity contribution in [2.75, 3.05) is 0 Å². The first-order valence-electron chi connectivity index (χ1n) is 11.7. The van der Waals surface area contributed by atoms with Crippen molar-refractivity contribution >= 4 is 28.0 Å². The minimum Gasteiger partial charge on any atom is -0.487 e. The Bertz CT molecular complexity index is 1550. The van der Waals surface area contributed by atoms with Gasteiger partial charge in [0, 0.05) is 18.3 Å². The Morgan fingerprint density at radius 3 is 2.34 bits per heavy atom. The standard InChI is InChI=1S/C30H26N2O3/c1-2-24-25(18-21-14-15-22-11-6-7-12-23(22)17-21)32-16-8-13-26(28(32)27(24)29(33)30(31)34)35-19-20-9-4-3-5-10-20/h3-17H,2,18-19H2,1H3,(H2,31,34). The maximum atomic E-state index is 13.1. The number of hydrogen-bond donors (Lipinski definition) is 1. The molecular weight excluding hydrogens is 436 g/mol. The zero-order valence-electron chi connectivity index (χ0n) is 19.5. The van der Waals surface area contributed by atoms with Gasteiger partial charge in [0.15, 0.2) is 0 Å². The third-order valence-corrected chi connectivity index (χ3v) is 6.36. The van der Waals surface area contributed by atoms with Crippen LogP contribution in [0.2, 0.25) is 0 Å². The summed E-state index contributed by atoms with van der Waals surface area (Å²) in [5, 5.41) is 2.33. The molecule has 0 aliphatic heterocycles. The van der Waals surface area contributed by atoms with Crippen LogP contribution >= 0.6 is 0 Å². The molecule has 5 heteroatoms. The van der Waals surface area contributed by atoms with Crippen molar-refractivity contribution in [2.24, 2.45) is 5.73 Å². The topological polar surface area (TPSA) is 73.8 Å². The third kappa shape index (κ3) is 4.28. The Morgan fingerprint density at radius 1 is 0.857 bits per heavy atom. The van der Waals surface area contributed by atoms with Gasteiger partial charge in [-0.05, 0) is 46.0 Å². The molecule has 0 aliphatic carbocycles. The van der Waals surface area contributed by atoms with Crippen LogP contribution in [0.5, 0.6) is 5.75 Å². The Morgan fingerprint density at radius 2 is 1.60 bits per heavy atom. The molecule has 5 aromatic rings. The van der Waals surface area contributed by atoms with E-state index in [4.69, 9.17) is 10.5 Å². The highest BCUT2D eigenvalue weighted by atomic mass is 16.5. The molecule has 0 saturated carbocycles. The molecule has 0 radical (unpaired) electrons. The van der Waals surface area contributed by atoms with E-state index in [1.807, 2.05) is 72.1 Å². The van der Waals surface area contributed by atoms with Crippen LogP contribution < -0.4 is 10.5 Å².